The van der Waals surface area contributed by atoms with Gasteiger partial charge in [0.2, 0.25) is 0 Å². The van der Waals surface area contributed by atoms with Crippen LogP contribution in [-0.4, -0.2) is 13.2 Å². The minimum absolute atomic E-state index is 0.763. The summed E-state index contributed by atoms with van der Waals surface area (Å²) in [6, 6.07) is 18.9. The highest BCUT2D eigenvalue weighted by Gasteiger charge is 1.97. The van der Waals surface area contributed by atoms with Crippen molar-refractivity contribution in [2.24, 2.45) is 0 Å². The summed E-state index contributed by atoms with van der Waals surface area (Å²) in [5.41, 5.74) is 2.56. The first kappa shape index (κ1) is 19.4. The van der Waals surface area contributed by atoms with Crippen LogP contribution in [0.5, 0.6) is 5.75 Å². The molecule has 1 N–H and O–H groups in total. The maximum Gasteiger partial charge on any atom is 0.119 e. The Kier molecular flexibility index (Phi) is 9.61. The molecule has 2 aromatic carbocycles. The van der Waals surface area contributed by atoms with E-state index >= 15 is 0 Å². The summed E-state index contributed by atoms with van der Waals surface area (Å²) in [7, 11) is 0. The Bertz CT molecular complexity index is 550. The number of ether oxygens (including phenoxy) is 1. The van der Waals surface area contributed by atoms with E-state index in [1.54, 1.807) is 0 Å². The van der Waals surface area contributed by atoms with Crippen LogP contribution in [0.25, 0.3) is 0 Å². The third kappa shape index (κ3) is 8.62. The molecule has 0 aliphatic heterocycles. The molecular weight excluding hydrogens is 306 g/mol. The first-order chi connectivity index (χ1) is 12.4. The van der Waals surface area contributed by atoms with E-state index in [-0.39, 0.29) is 0 Å². The number of anilines is 1. The summed E-state index contributed by atoms with van der Waals surface area (Å²) in [4.78, 5) is 0. The van der Waals surface area contributed by atoms with Crippen LogP contribution in [-0.2, 0) is 6.42 Å². The van der Waals surface area contributed by atoms with E-state index in [4.69, 9.17) is 4.74 Å². The number of hydrogen-bond acceptors (Lipinski definition) is 2. The fourth-order valence-corrected chi connectivity index (χ4v) is 2.92. The highest BCUT2D eigenvalue weighted by Crippen LogP contribution is 2.16. The Balaban J connectivity index is 1.55. The highest BCUT2D eigenvalue weighted by molar-refractivity contribution is 5.46. The van der Waals surface area contributed by atoms with Gasteiger partial charge in [0.25, 0.3) is 0 Å². The van der Waals surface area contributed by atoms with Crippen LogP contribution in [0.15, 0.2) is 54.6 Å². The molecule has 136 valence electrons. The number of nitrogens with one attached hydrogen (secondary N) is 1. The number of rotatable bonds is 13. The quantitative estimate of drug-likeness (QED) is 0.422. The van der Waals surface area contributed by atoms with E-state index in [1.165, 1.54) is 49.8 Å². The summed E-state index contributed by atoms with van der Waals surface area (Å²) < 4.78 is 5.84. The maximum absolute atomic E-state index is 5.84. The van der Waals surface area contributed by atoms with Gasteiger partial charge in [-0.05, 0) is 49.1 Å². The van der Waals surface area contributed by atoms with E-state index in [0.29, 0.717) is 0 Å². The van der Waals surface area contributed by atoms with Gasteiger partial charge in [0, 0.05) is 12.2 Å². The van der Waals surface area contributed by atoms with Gasteiger partial charge in [0.05, 0.1) is 6.61 Å². The molecule has 0 spiro atoms. The van der Waals surface area contributed by atoms with Crippen molar-refractivity contribution in [1.29, 1.82) is 0 Å². The van der Waals surface area contributed by atoms with Crippen LogP contribution >= 0.6 is 0 Å². The van der Waals surface area contributed by atoms with Crippen molar-refractivity contribution in [3.05, 3.63) is 60.2 Å². The second-order valence-electron chi connectivity index (χ2n) is 6.66. The predicted octanol–water partition coefficient (Wildman–Crippen LogP) is 6.47. The Labute approximate surface area is 153 Å². The molecule has 0 aromatic heterocycles. The van der Waals surface area contributed by atoms with E-state index in [0.717, 1.165) is 31.7 Å². The van der Waals surface area contributed by atoms with Crippen molar-refractivity contribution in [3.8, 4) is 5.75 Å². The minimum Gasteiger partial charge on any atom is -0.494 e. The molecule has 25 heavy (non-hydrogen) atoms. The fraction of sp³-hybridized carbons (Fsp3) is 0.478. The molecule has 0 aliphatic rings. The molecule has 0 fully saturated rings. The van der Waals surface area contributed by atoms with Crippen molar-refractivity contribution in [2.45, 2.75) is 58.3 Å². The van der Waals surface area contributed by atoms with Crippen LogP contribution in [0.1, 0.15) is 57.4 Å². The van der Waals surface area contributed by atoms with Crippen molar-refractivity contribution in [2.75, 3.05) is 18.5 Å². The van der Waals surface area contributed by atoms with E-state index < -0.39 is 0 Å². The lowest BCUT2D eigenvalue weighted by molar-refractivity contribution is 0.311. The van der Waals surface area contributed by atoms with Crippen molar-refractivity contribution >= 4 is 5.69 Å². The Morgan fingerprint density at radius 2 is 1.48 bits per heavy atom. The number of unbranched alkanes of at least 4 members (excludes halogenated alkanes) is 5. The molecule has 0 saturated carbocycles. The van der Waals surface area contributed by atoms with E-state index in [1.807, 2.05) is 0 Å². The average molecular weight is 340 g/mol. The number of hydrogen-bond donors (Lipinski definition) is 1. The van der Waals surface area contributed by atoms with Gasteiger partial charge in [0.15, 0.2) is 0 Å². The van der Waals surface area contributed by atoms with Gasteiger partial charge in [-0.15, -0.1) is 0 Å². The molecule has 0 atom stereocenters. The van der Waals surface area contributed by atoms with Crippen LogP contribution in [0.3, 0.4) is 0 Å². The zero-order chi connectivity index (χ0) is 17.6. The molecule has 0 aliphatic carbocycles. The first-order valence-electron chi connectivity index (χ1n) is 9.89. The molecular formula is C23H33NO. The Morgan fingerprint density at radius 3 is 2.24 bits per heavy atom. The Hall–Kier alpha value is -1.96. The summed E-state index contributed by atoms with van der Waals surface area (Å²) in [5.74, 6) is 0.957. The van der Waals surface area contributed by atoms with E-state index in [9.17, 15) is 0 Å². The van der Waals surface area contributed by atoms with Gasteiger partial charge in [0.1, 0.15) is 5.75 Å². The molecule has 2 heteroatoms. The first-order valence-corrected chi connectivity index (χ1v) is 9.89. The fourth-order valence-electron chi connectivity index (χ4n) is 2.92. The van der Waals surface area contributed by atoms with Gasteiger partial charge >= 0.3 is 0 Å². The van der Waals surface area contributed by atoms with Crippen molar-refractivity contribution in [3.63, 3.8) is 0 Å². The van der Waals surface area contributed by atoms with Crippen molar-refractivity contribution < 1.29 is 4.74 Å². The second kappa shape index (κ2) is 12.4. The lowest BCUT2D eigenvalue weighted by Gasteiger charge is -2.09. The summed E-state index contributed by atoms with van der Waals surface area (Å²) >= 11 is 0. The predicted molar refractivity (Wildman–Crippen MR) is 109 cm³/mol. The SMILES string of the molecule is CCCCCCCCNc1ccc(OCCCc2ccccc2)cc1. The van der Waals surface area contributed by atoms with Crippen molar-refractivity contribution in [1.82, 2.24) is 0 Å². The maximum atomic E-state index is 5.84. The summed E-state index contributed by atoms with van der Waals surface area (Å²) in [6.07, 6.45) is 10.1. The lowest BCUT2D eigenvalue weighted by atomic mass is 10.1. The van der Waals surface area contributed by atoms with Gasteiger partial charge in [-0.25, -0.2) is 0 Å². The summed E-state index contributed by atoms with van der Waals surface area (Å²) in [5, 5.41) is 3.50. The Morgan fingerprint density at radius 1 is 0.760 bits per heavy atom. The monoisotopic (exact) mass is 339 g/mol. The topological polar surface area (TPSA) is 21.3 Å². The number of benzene rings is 2. The van der Waals surface area contributed by atoms with Crippen LogP contribution in [0.2, 0.25) is 0 Å². The highest BCUT2D eigenvalue weighted by atomic mass is 16.5. The summed E-state index contributed by atoms with van der Waals surface area (Å²) in [6.45, 7) is 4.08. The van der Waals surface area contributed by atoms with Crippen LogP contribution < -0.4 is 10.1 Å². The largest absolute Gasteiger partial charge is 0.494 e. The second-order valence-corrected chi connectivity index (χ2v) is 6.66. The average Bonchev–Trinajstić information content (AvgIpc) is 2.66. The third-order valence-corrected chi connectivity index (χ3v) is 4.44. The molecule has 2 nitrogen and oxygen atoms in total. The van der Waals surface area contributed by atoms with Crippen LogP contribution in [0, 0.1) is 0 Å². The van der Waals surface area contributed by atoms with Gasteiger partial charge < -0.3 is 10.1 Å². The zero-order valence-electron chi connectivity index (χ0n) is 15.7. The smallest absolute Gasteiger partial charge is 0.119 e. The molecule has 0 bridgehead atoms. The molecule has 0 saturated heterocycles. The van der Waals surface area contributed by atoms with Gasteiger partial charge in [-0.3, -0.25) is 0 Å². The molecule has 2 rings (SSSR count). The number of aryl methyl sites for hydroxylation is 1. The lowest BCUT2D eigenvalue weighted by Crippen LogP contribution is -2.02. The minimum atomic E-state index is 0.763. The molecule has 0 amide bonds. The van der Waals surface area contributed by atoms with E-state index in [2.05, 4.69) is 66.8 Å². The zero-order valence-corrected chi connectivity index (χ0v) is 15.7. The molecule has 0 heterocycles. The van der Waals surface area contributed by atoms with Gasteiger partial charge in [-0.1, -0.05) is 69.4 Å². The molecule has 0 unspecified atom stereocenters. The molecule has 2 aromatic rings. The van der Waals surface area contributed by atoms with Gasteiger partial charge in [-0.2, -0.15) is 0 Å². The standard InChI is InChI=1S/C23H33NO/c1-2-3-4-5-6-10-19-24-22-15-17-23(18-16-22)25-20-11-14-21-12-8-7-9-13-21/h7-9,12-13,15-18,24H,2-6,10-11,14,19-20H2,1H3. The third-order valence-electron chi connectivity index (χ3n) is 4.44. The molecule has 0 radical (unpaired) electrons. The normalized spacial score (nSPS) is 10.6. The van der Waals surface area contributed by atoms with Crippen LogP contribution in [0.4, 0.5) is 5.69 Å².